The maximum Gasteiger partial charge on any atom is 0.223 e. The number of hydrogen-bond acceptors (Lipinski definition) is 4. The van der Waals surface area contributed by atoms with Crippen LogP contribution >= 0.6 is 0 Å². The van der Waals surface area contributed by atoms with E-state index in [9.17, 15) is 4.79 Å². The van der Waals surface area contributed by atoms with E-state index < -0.39 is 0 Å². The van der Waals surface area contributed by atoms with Gasteiger partial charge in [-0.05, 0) is 38.0 Å². The van der Waals surface area contributed by atoms with Gasteiger partial charge in [0.05, 0.1) is 0 Å². The van der Waals surface area contributed by atoms with Crippen LogP contribution < -0.4 is 0 Å². The van der Waals surface area contributed by atoms with Gasteiger partial charge in [0.25, 0.3) is 0 Å². The van der Waals surface area contributed by atoms with Crippen molar-refractivity contribution < 1.29 is 4.79 Å². The highest BCUT2D eigenvalue weighted by atomic mass is 16.2. The largest absolute Gasteiger partial charge is 0.341 e. The van der Waals surface area contributed by atoms with Crippen LogP contribution in [-0.2, 0) is 11.2 Å². The van der Waals surface area contributed by atoms with Crippen molar-refractivity contribution in [2.45, 2.75) is 58.9 Å². The molecule has 6 heteroatoms. The molecule has 2 fully saturated rings. The van der Waals surface area contributed by atoms with Gasteiger partial charge < -0.3 is 4.90 Å². The number of nitrogens with one attached hydrogen (secondary N) is 1. The number of aryl methyl sites for hydroxylation is 2. The Kier molecular flexibility index (Phi) is 5.54. The van der Waals surface area contributed by atoms with E-state index in [4.69, 9.17) is 0 Å². The van der Waals surface area contributed by atoms with Crippen LogP contribution in [-0.4, -0.2) is 63.1 Å². The second kappa shape index (κ2) is 7.64. The van der Waals surface area contributed by atoms with Crippen LogP contribution in [0, 0.1) is 18.8 Å². The molecule has 2 heterocycles. The SMILES string of the molecule is Cc1nc(CCC(=O)N2CCCN(CC3CC3)[C@H](C(C)C)C2)n[nH]1. The normalized spacial score (nSPS) is 22.8. The first-order chi connectivity index (χ1) is 11.5. The molecule has 0 bridgehead atoms. The number of amides is 1. The first-order valence-electron chi connectivity index (χ1n) is 9.42. The minimum absolute atomic E-state index is 0.247. The van der Waals surface area contributed by atoms with E-state index in [1.54, 1.807) is 0 Å². The highest BCUT2D eigenvalue weighted by Gasteiger charge is 2.33. The molecule has 0 unspecified atom stereocenters. The number of nitrogens with zero attached hydrogens (tertiary/aromatic N) is 4. The molecule has 1 atom stereocenters. The zero-order chi connectivity index (χ0) is 17.1. The minimum atomic E-state index is 0.247. The molecular weight excluding hydrogens is 302 g/mol. The fourth-order valence-electron chi connectivity index (χ4n) is 3.66. The van der Waals surface area contributed by atoms with Crippen LogP contribution in [0.3, 0.4) is 0 Å². The van der Waals surface area contributed by atoms with E-state index in [0.717, 1.165) is 43.6 Å². The van der Waals surface area contributed by atoms with Gasteiger partial charge in [-0.1, -0.05) is 13.8 Å². The first-order valence-corrected chi connectivity index (χ1v) is 9.42. The van der Waals surface area contributed by atoms with Gasteiger partial charge in [0.2, 0.25) is 5.91 Å². The number of hydrogen-bond donors (Lipinski definition) is 1. The monoisotopic (exact) mass is 333 g/mol. The van der Waals surface area contributed by atoms with Crippen LogP contribution in [0.15, 0.2) is 0 Å². The Morgan fingerprint density at radius 3 is 2.75 bits per heavy atom. The zero-order valence-corrected chi connectivity index (χ0v) is 15.3. The topological polar surface area (TPSA) is 65.1 Å². The van der Waals surface area contributed by atoms with Crippen molar-refractivity contribution in [2.24, 2.45) is 11.8 Å². The molecule has 1 saturated carbocycles. The molecule has 134 valence electrons. The second-order valence-electron chi connectivity index (χ2n) is 7.78. The third kappa shape index (κ3) is 4.56. The van der Waals surface area contributed by atoms with Crippen molar-refractivity contribution in [3.8, 4) is 0 Å². The van der Waals surface area contributed by atoms with Crippen LogP contribution in [0.1, 0.15) is 51.2 Å². The van der Waals surface area contributed by atoms with E-state index in [0.29, 0.717) is 24.8 Å². The maximum atomic E-state index is 12.7. The van der Waals surface area contributed by atoms with Crippen LogP contribution in [0.25, 0.3) is 0 Å². The van der Waals surface area contributed by atoms with Crippen molar-refractivity contribution >= 4 is 5.91 Å². The standard InChI is InChI=1S/C18H31N5O/c1-13(2)16-12-23(10-4-9-22(16)11-15-5-6-15)18(24)8-7-17-19-14(3)20-21-17/h13,15-16H,4-12H2,1-3H3,(H,19,20,21)/t16-/m0/s1. The highest BCUT2D eigenvalue weighted by Crippen LogP contribution is 2.31. The predicted molar refractivity (Wildman–Crippen MR) is 93.6 cm³/mol. The van der Waals surface area contributed by atoms with Crippen molar-refractivity contribution in [1.29, 1.82) is 0 Å². The maximum absolute atomic E-state index is 12.7. The van der Waals surface area contributed by atoms with Gasteiger partial charge in [0.15, 0.2) is 5.82 Å². The van der Waals surface area contributed by atoms with Gasteiger partial charge in [0, 0.05) is 45.1 Å². The minimum Gasteiger partial charge on any atom is -0.341 e. The Bertz CT molecular complexity index is 551. The van der Waals surface area contributed by atoms with Crippen molar-refractivity contribution in [3.63, 3.8) is 0 Å². The van der Waals surface area contributed by atoms with Crippen molar-refractivity contribution in [1.82, 2.24) is 25.0 Å². The Morgan fingerprint density at radius 1 is 1.33 bits per heavy atom. The summed E-state index contributed by atoms with van der Waals surface area (Å²) in [7, 11) is 0. The van der Waals surface area contributed by atoms with Gasteiger partial charge >= 0.3 is 0 Å². The predicted octanol–water partition coefficient (Wildman–Crippen LogP) is 2.01. The van der Waals surface area contributed by atoms with Crippen LogP contribution in [0.4, 0.5) is 0 Å². The smallest absolute Gasteiger partial charge is 0.223 e. The molecule has 1 aromatic heterocycles. The molecule has 0 spiro atoms. The van der Waals surface area contributed by atoms with Crippen molar-refractivity contribution in [3.05, 3.63) is 11.6 Å². The summed E-state index contributed by atoms with van der Waals surface area (Å²) in [6.07, 6.45) is 4.99. The van der Waals surface area contributed by atoms with E-state index in [1.165, 1.54) is 19.4 Å². The lowest BCUT2D eigenvalue weighted by Gasteiger charge is -2.34. The number of rotatable bonds is 6. The number of aromatic amines is 1. The third-order valence-electron chi connectivity index (χ3n) is 5.27. The summed E-state index contributed by atoms with van der Waals surface area (Å²) in [5.74, 6) is 3.28. The molecule has 1 N–H and O–H groups in total. The Labute approximate surface area is 145 Å². The summed E-state index contributed by atoms with van der Waals surface area (Å²) < 4.78 is 0. The van der Waals surface area contributed by atoms with E-state index >= 15 is 0 Å². The Balaban J connectivity index is 1.56. The second-order valence-corrected chi connectivity index (χ2v) is 7.78. The first kappa shape index (κ1) is 17.4. The molecule has 3 rings (SSSR count). The number of aromatic nitrogens is 3. The summed E-state index contributed by atoms with van der Waals surface area (Å²) in [4.78, 5) is 21.7. The lowest BCUT2D eigenvalue weighted by molar-refractivity contribution is -0.131. The lowest BCUT2D eigenvalue weighted by Crippen LogP contribution is -2.46. The van der Waals surface area contributed by atoms with Gasteiger partial charge in [0.1, 0.15) is 5.82 Å². The number of H-pyrrole nitrogens is 1. The van der Waals surface area contributed by atoms with Crippen molar-refractivity contribution in [2.75, 3.05) is 26.2 Å². The average Bonchev–Trinajstić information content (AvgIpc) is 3.30. The molecule has 1 aromatic rings. The summed E-state index contributed by atoms with van der Waals surface area (Å²) in [5.41, 5.74) is 0. The molecule has 24 heavy (non-hydrogen) atoms. The zero-order valence-electron chi connectivity index (χ0n) is 15.3. The summed E-state index contributed by atoms with van der Waals surface area (Å²) in [6, 6.07) is 0.489. The number of carbonyl (C=O) groups excluding carboxylic acids is 1. The molecule has 6 nitrogen and oxygen atoms in total. The number of carbonyl (C=O) groups is 1. The van der Waals surface area contributed by atoms with Gasteiger partial charge in [-0.25, -0.2) is 4.98 Å². The highest BCUT2D eigenvalue weighted by molar-refractivity contribution is 5.76. The van der Waals surface area contributed by atoms with E-state index in [2.05, 4.69) is 38.8 Å². The molecule has 1 saturated heterocycles. The van der Waals surface area contributed by atoms with Crippen LogP contribution in [0.5, 0.6) is 0 Å². The summed E-state index contributed by atoms with van der Waals surface area (Å²) >= 11 is 0. The van der Waals surface area contributed by atoms with E-state index in [1.807, 2.05) is 6.92 Å². The lowest BCUT2D eigenvalue weighted by atomic mass is 10.0. The quantitative estimate of drug-likeness (QED) is 0.865. The average molecular weight is 333 g/mol. The fourth-order valence-corrected chi connectivity index (χ4v) is 3.66. The molecule has 0 radical (unpaired) electrons. The van der Waals surface area contributed by atoms with E-state index in [-0.39, 0.29) is 5.91 Å². The molecule has 2 aliphatic rings. The molecule has 1 aliphatic heterocycles. The summed E-state index contributed by atoms with van der Waals surface area (Å²) in [5, 5.41) is 6.97. The van der Waals surface area contributed by atoms with Gasteiger partial charge in [-0.2, -0.15) is 5.10 Å². The Morgan fingerprint density at radius 2 is 2.12 bits per heavy atom. The fraction of sp³-hybridized carbons (Fsp3) is 0.833. The Hall–Kier alpha value is -1.43. The molecular formula is C18H31N5O. The van der Waals surface area contributed by atoms with Gasteiger partial charge in [-0.3, -0.25) is 14.8 Å². The summed E-state index contributed by atoms with van der Waals surface area (Å²) in [6.45, 7) is 10.6. The molecule has 1 aliphatic carbocycles. The molecule has 0 aromatic carbocycles. The van der Waals surface area contributed by atoms with Gasteiger partial charge in [-0.15, -0.1) is 0 Å². The van der Waals surface area contributed by atoms with Crippen LogP contribution in [0.2, 0.25) is 0 Å². The third-order valence-corrected chi connectivity index (χ3v) is 5.27. The molecule has 1 amide bonds.